The van der Waals surface area contributed by atoms with Gasteiger partial charge in [-0.15, -0.1) is 0 Å². The Kier molecular flexibility index (Phi) is 20.4. The molecule has 8 rings (SSSR count). The minimum Gasteiger partial charge on any atom is -0.480 e. The van der Waals surface area contributed by atoms with Gasteiger partial charge in [0.2, 0.25) is 18.1 Å². The van der Waals surface area contributed by atoms with Crippen LogP contribution >= 0.6 is 0 Å². The molecule has 3 saturated heterocycles. The van der Waals surface area contributed by atoms with Crippen LogP contribution in [0.15, 0.2) is 83.4 Å². The van der Waals surface area contributed by atoms with Crippen molar-refractivity contribution in [3.8, 4) is 11.1 Å². The average molecular weight is 1050 g/mol. The Morgan fingerprint density at radius 1 is 0.553 bits per heavy atom. The molecule has 0 atom stereocenters. The number of hydrogen-bond acceptors (Lipinski definition) is 16. The van der Waals surface area contributed by atoms with Gasteiger partial charge >= 0.3 is 17.9 Å². The van der Waals surface area contributed by atoms with Crippen LogP contribution in [0, 0.1) is 0 Å². The van der Waals surface area contributed by atoms with Crippen molar-refractivity contribution in [3.63, 3.8) is 0 Å². The second-order valence-corrected chi connectivity index (χ2v) is 18.8. The van der Waals surface area contributed by atoms with E-state index in [9.17, 15) is 53.7 Å². The van der Waals surface area contributed by atoms with Crippen molar-refractivity contribution < 1.29 is 58.1 Å². The predicted octanol–water partition coefficient (Wildman–Crippen LogP) is 1.24. The molecular weight excluding hydrogens is 983 g/mol. The number of amides is 4. The lowest BCUT2D eigenvalue weighted by atomic mass is 9.99. The highest BCUT2D eigenvalue weighted by Crippen LogP contribution is 2.26. The van der Waals surface area contributed by atoms with Crippen molar-refractivity contribution in [2.75, 3.05) is 137 Å². The molecule has 5 heterocycles. The molecule has 4 amide bonds. The third-order valence-electron chi connectivity index (χ3n) is 13.5. The lowest BCUT2D eigenvalue weighted by Gasteiger charge is -2.37. The van der Waals surface area contributed by atoms with E-state index in [1.54, 1.807) is 55.0 Å². The van der Waals surface area contributed by atoms with Crippen molar-refractivity contribution in [1.29, 1.82) is 0 Å². The van der Waals surface area contributed by atoms with Crippen molar-refractivity contribution in [2.24, 2.45) is 0 Å². The van der Waals surface area contributed by atoms with Crippen molar-refractivity contribution in [2.45, 2.75) is 12.8 Å². The van der Waals surface area contributed by atoms with E-state index >= 15 is 0 Å². The molecule has 2 aromatic heterocycles. The molecule has 3 aliphatic heterocycles. The van der Waals surface area contributed by atoms with E-state index in [0.29, 0.717) is 126 Å². The van der Waals surface area contributed by atoms with Crippen LogP contribution in [0.2, 0.25) is 0 Å². The first-order chi connectivity index (χ1) is 36.7. The summed E-state index contributed by atoms with van der Waals surface area (Å²) >= 11 is 0. The number of pyridine rings is 1. The summed E-state index contributed by atoms with van der Waals surface area (Å²) in [5.74, 6) is -3.66. The number of carbonyl (C=O) groups excluding carboxylic acids is 5. The summed E-state index contributed by atoms with van der Waals surface area (Å²) in [7, 11) is 0. The molecule has 0 unspecified atom stereocenters. The molecule has 3 aromatic carbocycles. The van der Waals surface area contributed by atoms with Crippen LogP contribution in [0.3, 0.4) is 0 Å². The fourth-order valence-electron chi connectivity index (χ4n) is 9.36. The number of oxazole rings is 1. The van der Waals surface area contributed by atoms with Crippen LogP contribution in [-0.4, -0.2) is 245 Å². The van der Waals surface area contributed by atoms with Crippen LogP contribution in [0.1, 0.15) is 44.2 Å². The number of fused-ring (bicyclic) bond motifs is 2. The minimum atomic E-state index is -1.02. The number of aldehydes is 1. The summed E-state index contributed by atoms with van der Waals surface area (Å²) in [6, 6.07) is 21.7. The van der Waals surface area contributed by atoms with Crippen molar-refractivity contribution in [1.82, 2.24) is 54.9 Å². The van der Waals surface area contributed by atoms with Gasteiger partial charge in [-0.3, -0.25) is 67.8 Å². The normalized spacial score (nSPS) is 16.7. The summed E-state index contributed by atoms with van der Waals surface area (Å²) in [6.45, 7) is 6.50. The van der Waals surface area contributed by atoms with Gasteiger partial charge in [-0.25, -0.2) is 4.98 Å². The smallest absolute Gasteiger partial charge is 0.317 e. The van der Waals surface area contributed by atoms with Crippen LogP contribution in [-0.2, 0) is 24.0 Å². The predicted molar refractivity (Wildman–Crippen MR) is 279 cm³/mol. The maximum absolute atomic E-state index is 13.6. The first-order valence-corrected chi connectivity index (χ1v) is 25.4. The van der Waals surface area contributed by atoms with Gasteiger partial charge in [0.1, 0.15) is 5.52 Å². The van der Waals surface area contributed by atoms with Gasteiger partial charge in [0.15, 0.2) is 5.58 Å². The molecule has 3 fully saturated rings. The molecule has 5 aromatic rings. The molecule has 76 heavy (non-hydrogen) atoms. The quantitative estimate of drug-likeness (QED) is 0.0819. The third-order valence-corrected chi connectivity index (χ3v) is 13.5. The maximum atomic E-state index is 13.6. The van der Waals surface area contributed by atoms with Gasteiger partial charge in [-0.05, 0) is 60.4 Å². The summed E-state index contributed by atoms with van der Waals surface area (Å²) in [4.78, 5) is 119. The summed E-state index contributed by atoms with van der Waals surface area (Å²) in [5.41, 5.74) is 4.51. The number of nitrogens with zero attached hydrogens (tertiary/aromatic N) is 9. The van der Waals surface area contributed by atoms with Gasteiger partial charge in [0.05, 0.1) is 43.8 Å². The highest BCUT2D eigenvalue weighted by atomic mass is 16.4. The number of carbonyl (C=O) groups is 8. The van der Waals surface area contributed by atoms with Gasteiger partial charge in [0.25, 0.3) is 17.7 Å². The molecule has 0 spiro atoms. The van der Waals surface area contributed by atoms with Crippen molar-refractivity contribution >= 4 is 69.8 Å². The zero-order valence-corrected chi connectivity index (χ0v) is 42.4. The van der Waals surface area contributed by atoms with E-state index in [1.165, 1.54) is 0 Å². The van der Waals surface area contributed by atoms with Crippen LogP contribution in [0.25, 0.3) is 33.1 Å². The number of carboxylic acid groups (broad SMARTS) is 3. The average Bonchev–Trinajstić information content (AvgIpc) is 4.12. The number of likely N-dealkylation sites (tertiary alicyclic amines) is 1. The number of rotatable bonds is 17. The Morgan fingerprint density at radius 3 is 1.71 bits per heavy atom. The van der Waals surface area contributed by atoms with Crippen LogP contribution in [0.5, 0.6) is 0 Å². The molecule has 23 nitrogen and oxygen atoms in total. The minimum absolute atomic E-state index is 0.0604. The number of nitrogens with one attached hydrogen (secondary N) is 2. The molecule has 3 aliphatic rings. The Balaban J connectivity index is 0.000000671. The van der Waals surface area contributed by atoms with Gasteiger partial charge in [0, 0.05) is 122 Å². The Morgan fingerprint density at radius 2 is 1.12 bits per heavy atom. The van der Waals surface area contributed by atoms with E-state index in [1.807, 2.05) is 53.4 Å². The Labute approximate surface area is 439 Å². The van der Waals surface area contributed by atoms with E-state index in [4.69, 9.17) is 4.42 Å². The summed E-state index contributed by atoms with van der Waals surface area (Å²) in [6.07, 6.45) is 4.11. The molecule has 0 bridgehead atoms. The largest absolute Gasteiger partial charge is 0.480 e. The standard InChI is InChI=1S/C45H60N10O10.C8H5NO2/c56-39(54-11-1-2-12-54)28-48-45(65)37-8-9-46-38-27-34(6-7-36(37)38)33-4-3-5-35(26-33)44(64)47-10-13-49-22-24-55(25-23-49)40(57)29-50-14-16-51(30-41(58)59)18-20-53(32-43(62)63)21-19-52(17-15-50)31-42(60)61;10-5-8-9-6-3-1-2-4-7(6)11-8/h3-9,26-27H,1-2,10-25,28-32H2,(H,47,64)(H,48,65)(H,58,59)(H,60,61)(H,62,63);1-5H. The molecule has 404 valence electrons. The number of aliphatic carboxylic acids is 3. The SMILES string of the molecule is O=C(O)CN1CCN(CC(=O)O)CCN(CC(=O)N2CCN(CCNC(=O)c3cccc(-c4ccc5c(C(=O)NCC(=O)N6CCCC6)ccnc5c4)c3)CC2)CCN(CC(=O)O)CC1.O=Cc1nc2ccccc2o1. The molecule has 23 heteroatoms. The van der Waals surface area contributed by atoms with Crippen molar-refractivity contribution in [3.05, 3.63) is 96.0 Å². The molecule has 0 aliphatic carbocycles. The van der Waals surface area contributed by atoms with E-state index in [2.05, 4.69) is 25.5 Å². The number of piperazine rings is 1. The molecule has 0 radical (unpaired) electrons. The second-order valence-electron chi connectivity index (χ2n) is 18.8. The summed E-state index contributed by atoms with van der Waals surface area (Å²) in [5, 5.41) is 34.9. The number of carboxylic acids is 3. The second kappa shape index (κ2) is 27.7. The maximum Gasteiger partial charge on any atom is 0.317 e. The van der Waals surface area contributed by atoms with Gasteiger partial charge in [-0.1, -0.05) is 36.4 Å². The zero-order valence-electron chi connectivity index (χ0n) is 42.4. The number of hydrogen-bond donors (Lipinski definition) is 5. The summed E-state index contributed by atoms with van der Waals surface area (Å²) < 4.78 is 5.04. The molecule has 5 N–H and O–H groups in total. The highest BCUT2D eigenvalue weighted by molar-refractivity contribution is 6.07. The van der Waals surface area contributed by atoms with E-state index < -0.39 is 17.9 Å². The monoisotopic (exact) mass is 1050 g/mol. The lowest BCUT2D eigenvalue weighted by molar-refractivity contribution is -0.141. The fourth-order valence-corrected chi connectivity index (χ4v) is 9.36. The van der Waals surface area contributed by atoms with Gasteiger partial charge < -0.3 is 40.2 Å². The van der Waals surface area contributed by atoms with Crippen LogP contribution < -0.4 is 10.6 Å². The first kappa shape index (κ1) is 56.0. The fraction of sp³-hybridized carbons (Fsp3) is 0.434. The zero-order chi connectivity index (χ0) is 54.0. The molecule has 0 saturated carbocycles. The van der Waals surface area contributed by atoms with E-state index in [-0.39, 0.29) is 62.2 Å². The van der Waals surface area contributed by atoms with Gasteiger partial charge in [-0.2, -0.15) is 0 Å². The van der Waals surface area contributed by atoms with Crippen LogP contribution in [0.4, 0.5) is 0 Å². The van der Waals surface area contributed by atoms with E-state index in [0.717, 1.165) is 42.6 Å². The Bertz CT molecular complexity index is 2780. The Hall–Kier alpha value is -7.70. The number of benzene rings is 3. The first-order valence-electron chi connectivity index (χ1n) is 25.4. The topological polar surface area (TPSA) is 283 Å². The lowest BCUT2D eigenvalue weighted by Crippen LogP contribution is -2.53. The molecular formula is C53H65N11O12. The highest BCUT2D eigenvalue weighted by Gasteiger charge is 2.26. The third kappa shape index (κ3) is 16.7. The number of aromatic nitrogens is 2. The number of para-hydroxylation sites is 2.